The summed E-state index contributed by atoms with van der Waals surface area (Å²) < 4.78 is 0. The van der Waals surface area contributed by atoms with Crippen molar-refractivity contribution in [3.8, 4) is 0 Å². The molecule has 0 N–H and O–H groups in total. The number of rotatable bonds is 6. The molecule has 0 fully saturated rings. The smallest absolute Gasteiger partial charge is 0.550 e. The van der Waals surface area contributed by atoms with Crippen LogP contribution in [0.4, 0.5) is 0 Å². The van der Waals surface area contributed by atoms with Crippen LogP contribution in [-0.2, 0) is 33.6 Å². The molecule has 0 aromatic heterocycles. The molecule has 0 amide bonds. The van der Waals surface area contributed by atoms with Gasteiger partial charge in [-0.05, 0) is 87.7 Å². The van der Waals surface area contributed by atoms with Gasteiger partial charge in [-0.1, -0.05) is 41.5 Å². The fourth-order valence-electron chi connectivity index (χ4n) is 1.34. The summed E-state index contributed by atoms with van der Waals surface area (Å²) in [6.45, 7) is 27.1. The second-order valence-corrected chi connectivity index (χ2v) is 6.68. The first-order valence-electron chi connectivity index (χ1n) is 12.5. The van der Waals surface area contributed by atoms with Gasteiger partial charge in [0.2, 0.25) is 0 Å². The molecule has 0 atom stereocenters. The Kier molecular flexibility index (Phi) is 210. The normalized spacial score (nSPS) is 6.51. The molecule has 0 aliphatic carbocycles. The number of carboxylic acids is 7. The quantitative estimate of drug-likeness (QED) is 0.226. The number of aliphatic carboxylic acids is 7. The average molecular weight is 777 g/mol. The number of nitrogens with zero attached hydrogens (tertiary/aromatic N) is 2. The van der Waals surface area contributed by atoms with Crippen molar-refractivity contribution in [1.82, 2.24) is 9.80 Å². The van der Waals surface area contributed by atoms with Crippen molar-refractivity contribution in [3.05, 3.63) is 0 Å². The van der Waals surface area contributed by atoms with Crippen LogP contribution >= 0.6 is 0 Å². The predicted octanol–water partition coefficient (Wildman–Crippen LogP) is -27.0. The summed E-state index contributed by atoms with van der Waals surface area (Å²) in [4.78, 5) is 67.0. The summed E-state index contributed by atoms with van der Waals surface area (Å²) in [5, 5.41) is 62.2. The van der Waals surface area contributed by atoms with E-state index >= 15 is 0 Å². The first-order valence-corrected chi connectivity index (χ1v) is 12.5. The standard InChI is InChI=1S/2C6H15N.7C2H4O2.7Na/c2*1-4-7(5-2)6-3;7*1-2(3)4;;;;;;;/h2*4-6H2,1-3H3;7*1H3,(H,3,4);;;;;;;/q;;;;;;;;;7*+1/p-7. The van der Waals surface area contributed by atoms with E-state index in [1.165, 1.54) is 39.3 Å². The van der Waals surface area contributed by atoms with E-state index in [4.69, 9.17) is 69.3 Å². The Hall–Kier alpha value is 3.21. The SMILES string of the molecule is CC(=O)[O-].CC(=O)[O-].CC(=O)[O-].CC(=O)[O-].CC(=O)[O-].CC(=O)[O-].CC(=O)[O-].CCN(CC)CC.CCN(CC)CC.[Na+].[Na+].[Na+].[Na+].[Na+].[Na+].[Na+]. The van der Waals surface area contributed by atoms with Crippen LogP contribution in [0.15, 0.2) is 0 Å². The third-order valence-corrected chi connectivity index (χ3v) is 2.68. The number of carbonyl (C=O) groups is 7. The molecule has 256 valence electrons. The van der Waals surface area contributed by atoms with Crippen molar-refractivity contribution < 1.29 is 276 Å². The Labute approximate surface area is 449 Å². The Bertz CT molecular complexity index is 495. The van der Waals surface area contributed by atoms with Crippen LogP contribution in [-0.4, -0.2) is 90.9 Å². The van der Waals surface area contributed by atoms with Gasteiger partial charge in [0.25, 0.3) is 0 Å². The van der Waals surface area contributed by atoms with E-state index in [1.807, 2.05) is 0 Å². The molecule has 0 rings (SSSR count). The molecule has 0 aromatic carbocycles. The van der Waals surface area contributed by atoms with Gasteiger partial charge < -0.3 is 79.1 Å². The van der Waals surface area contributed by atoms with Gasteiger partial charge in [0.1, 0.15) is 0 Å². The van der Waals surface area contributed by atoms with E-state index < -0.39 is 41.8 Å². The molecule has 23 heteroatoms. The van der Waals surface area contributed by atoms with Gasteiger partial charge >= 0.3 is 207 Å². The molecule has 0 aliphatic heterocycles. The second-order valence-electron chi connectivity index (χ2n) is 6.68. The van der Waals surface area contributed by atoms with Crippen LogP contribution in [0.1, 0.15) is 90.0 Å². The molecule has 0 bridgehead atoms. The average Bonchev–Trinajstić information content (AvgIpc) is 2.74. The van der Waals surface area contributed by atoms with Crippen molar-refractivity contribution >= 4 is 41.8 Å². The minimum atomic E-state index is -1.08. The van der Waals surface area contributed by atoms with Gasteiger partial charge in [-0.3, -0.25) is 0 Å². The van der Waals surface area contributed by atoms with Crippen molar-refractivity contribution in [1.29, 1.82) is 0 Å². The van der Waals surface area contributed by atoms with Crippen LogP contribution in [0, 0.1) is 0 Å². The number of carbonyl (C=O) groups excluding carboxylic acids is 7. The Morgan fingerprint density at radius 2 is 0.327 bits per heavy atom. The van der Waals surface area contributed by atoms with Crippen LogP contribution < -0.4 is 243 Å². The summed E-state index contributed by atoms with van der Waals surface area (Å²) in [5.74, 6) is -7.58. The van der Waals surface area contributed by atoms with Gasteiger partial charge in [-0.15, -0.1) is 0 Å². The van der Waals surface area contributed by atoms with E-state index in [2.05, 4.69) is 51.3 Å². The van der Waals surface area contributed by atoms with Gasteiger partial charge in [-0.2, -0.15) is 0 Å². The van der Waals surface area contributed by atoms with Crippen LogP contribution in [0.3, 0.4) is 0 Å². The molecule has 16 nitrogen and oxygen atoms in total. The van der Waals surface area contributed by atoms with Crippen molar-refractivity contribution in [3.63, 3.8) is 0 Å². The molecule has 0 aromatic rings. The Morgan fingerprint density at radius 1 is 0.286 bits per heavy atom. The molecule has 0 unspecified atom stereocenters. The first-order chi connectivity index (χ1) is 18.8. The Morgan fingerprint density at radius 3 is 0.327 bits per heavy atom. The summed E-state index contributed by atoms with van der Waals surface area (Å²) in [6, 6.07) is 0. The monoisotopic (exact) mass is 776 g/mol. The summed E-state index contributed by atoms with van der Waals surface area (Å²) >= 11 is 0. The molecule has 49 heavy (non-hydrogen) atoms. The Balaban J connectivity index is -0.0000000177. The molecule has 0 aliphatic rings. The zero-order valence-electron chi connectivity index (χ0n) is 34.4. The molecule has 0 saturated heterocycles. The molecular weight excluding hydrogens is 725 g/mol. The van der Waals surface area contributed by atoms with Gasteiger partial charge in [-0.25, -0.2) is 0 Å². The molecule has 0 spiro atoms. The predicted molar refractivity (Wildman–Crippen MR) is 142 cm³/mol. The molecule has 0 radical (unpaired) electrons. The zero-order valence-corrected chi connectivity index (χ0v) is 48.4. The maximum absolute atomic E-state index is 8.89. The fourth-order valence-corrected chi connectivity index (χ4v) is 1.34. The van der Waals surface area contributed by atoms with E-state index in [0.29, 0.717) is 0 Å². The van der Waals surface area contributed by atoms with E-state index in [-0.39, 0.29) is 207 Å². The van der Waals surface area contributed by atoms with E-state index in [9.17, 15) is 0 Å². The molecule has 0 heterocycles. The van der Waals surface area contributed by atoms with Gasteiger partial charge in [0, 0.05) is 41.8 Å². The third kappa shape index (κ3) is 536. The first kappa shape index (κ1) is 104. The maximum Gasteiger partial charge on any atom is 1.00 e. The van der Waals surface area contributed by atoms with Crippen molar-refractivity contribution in [2.24, 2.45) is 0 Å². The van der Waals surface area contributed by atoms with E-state index in [0.717, 1.165) is 48.5 Å². The topological polar surface area (TPSA) is 287 Å². The summed E-state index contributed by atoms with van der Waals surface area (Å²) in [6.07, 6.45) is 0. The van der Waals surface area contributed by atoms with Crippen LogP contribution in [0.25, 0.3) is 0 Å². The minimum absolute atomic E-state index is 0. The van der Waals surface area contributed by atoms with Crippen LogP contribution in [0.2, 0.25) is 0 Å². The third-order valence-electron chi connectivity index (χ3n) is 2.68. The zero-order chi connectivity index (χ0) is 36.4. The number of carboxylic acid groups (broad SMARTS) is 7. The summed E-state index contributed by atoms with van der Waals surface area (Å²) in [7, 11) is 0. The largest absolute Gasteiger partial charge is 1.00 e. The van der Waals surface area contributed by atoms with E-state index in [1.54, 1.807) is 0 Å². The van der Waals surface area contributed by atoms with Crippen molar-refractivity contribution in [2.75, 3.05) is 39.3 Å². The fraction of sp³-hybridized carbons (Fsp3) is 0.731. The minimum Gasteiger partial charge on any atom is -0.550 e. The second kappa shape index (κ2) is 98.5. The number of hydrogen-bond acceptors (Lipinski definition) is 16. The van der Waals surface area contributed by atoms with Crippen molar-refractivity contribution in [2.45, 2.75) is 90.0 Å². The van der Waals surface area contributed by atoms with Crippen LogP contribution in [0.5, 0.6) is 0 Å². The van der Waals surface area contributed by atoms with Gasteiger partial charge in [0.15, 0.2) is 0 Å². The van der Waals surface area contributed by atoms with Gasteiger partial charge in [0.05, 0.1) is 0 Å². The summed E-state index contributed by atoms with van der Waals surface area (Å²) in [5.41, 5.74) is 0. The molecule has 0 saturated carbocycles. The number of hydrogen-bond donors (Lipinski definition) is 0. The molecular formula is C26H51N2Na7O14. The maximum atomic E-state index is 8.89.